The van der Waals surface area contributed by atoms with Crippen LogP contribution in [-0.2, 0) is 9.53 Å². The molecule has 0 saturated heterocycles. The summed E-state index contributed by atoms with van der Waals surface area (Å²) in [5.74, 6) is -0.495. The highest BCUT2D eigenvalue weighted by atomic mass is 19.1. The molecular weight excluding hydrogens is 329 g/mol. The van der Waals surface area contributed by atoms with E-state index in [2.05, 4.69) is 9.97 Å². The molecule has 2 amide bonds. The lowest BCUT2D eigenvalue weighted by molar-refractivity contribution is -0.107. The van der Waals surface area contributed by atoms with E-state index in [0.717, 1.165) is 11.1 Å². The minimum atomic E-state index is -0.859. The molecule has 25 heavy (non-hydrogen) atoms. The predicted octanol–water partition coefficient (Wildman–Crippen LogP) is 3.19. The minimum absolute atomic E-state index is 0.0136. The van der Waals surface area contributed by atoms with Crippen LogP contribution in [0, 0.1) is 5.82 Å². The maximum Gasteiger partial charge on any atom is 0.421 e. The van der Waals surface area contributed by atoms with Crippen LogP contribution in [0.2, 0.25) is 0 Å². The van der Waals surface area contributed by atoms with E-state index in [1.165, 1.54) is 31.5 Å². The Kier molecular flexibility index (Phi) is 5.31. The van der Waals surface area contributed by atoms with E-state index >= 15 is 0 Å². The topological polar surface area (TPSA) is 81.6 Å². The number of methoxy groups -OCH3 is 1. The number of amides is 2. The van der Waals surface area contributed by atoms with E-state index in [0.29, 0.717) is 17.7 Å². The van der Waals surface area contributed by atoms with Gasteiger partial charge in [-0.25, -0.2) is 19.1 Å². The lowest BCUT2D eigenvalue weighted by atomic mass is 10.2. The largest absolute Gasteiger partial charge is 0.479 e. The molecular formula is C17H18FN3O4. The summed E-state index contributed by atoms with van der Waals surface area (Å²) in [7, 11) is 1.34. The van der Waals surface area contributed by atoms with Crippen LogP contribution in [0.15, 0.2) is 30.6 Å². The molecule has 0 unspecified atom stereocenters. The number of hydrogen-bond acceptors (Lipinski definition) is 6. The van der Waals surface area contributed by atoms with E-state index in [-0.39, 0.29) is 11.6 Å². The quantitative estimate of drug-likeness (QED) is 0.790. The van der Waals surface area contributed by atoms with E-state index in [1.807, 2.05) is 0 Å². The highest BCUT2D eigenvalue weighted by Gasteiger charge is 2.26. The summed E-state index contributed by atoms with van der Waals surface area (Å²) in [6.45, 7) is 5.05. The van der Waals surface area contributed by atoms with Gasteiger partial charge >= 0.3 is 6.09 Å². The zero-order chi connectivity index (χ0) is 18.6. The summed E-state index contributed by atoms with van der Waals surface area (Å²) in [4.78, 5) is 32.3. The monoisotopic (exact) mass is 347 g/mol. The van der Waals surface area contributed by atoms with E-state index in [1.54, 1.807) is 20.8 Å². The van der Waals surface area contributed by atoms with Gasteiger partial charge in [0.25, 0.3) is 0 Å². The van der Waals surface area contributed by atoms with Crippen molar-refractivity contribution in [3.8, 4) is 17.1 Å². The van der Waals surface area contributed by atoms with Gasteiger partial charge in [-0.1, -0.05) is 0 Å². The van der Waals surface area contributed by atoms with Crippen molar-refractivity contribution in [3.05, 3.63) is 36.4 Å². The van der Waals surface area contributed by atoms with Crippen molar-refractivity contribution >= 4 is 18.2 Å². The summed E-state index contributed by atoms with van der Waals surface area (Å²) in [6.07, 6.45) is 1.97. The van der Waals surface area contributed by atoms with Crippen LogP contribution in [0.1, 0.15) is 20.8 Å². The fourth-order valence-corrected chi connectivity index (χ4v) is 1.99. The first-order valence-electron chi connectivity index (χ1n) is 7.38. The highest BCUT2D eigenvalue weighted by Crippen LogP contribution is 2.30. The number of halogens is 1. The number of imide groups is 1. The Balaban J connectivity index is 2.41. The number of carbonyl (C=O) groups excluding carboxylic acids is 2. The van der Waals surface area contributed by atoms with Crippen molar-refractivity contribution < 1.29 is 23.5 Å². The second kappa shape index (κ2) is 7.25. The lowest BCUT2D eigenvalue weighted by Gasteiger charge is -2.24. The molecule has 2 heterocycles. The number of anilines is 1. The SMILES string of the molecule is COc1nc(-c2cncc(F)c2)ccc1N(C=O)C(=O)OC(C)(C)C. The maximum atomic E-state index is 13.3. The first-order valence-corrected chi connectivity index (χ1v) is 7.38. The highest BCUT2D eigenvalue weighted by molar-refractivity contribution is 6.04. The average molecular weight is 347 g/mol. The van der Waals surface area contributed by atoms with Crippen molar-refractivity contribution in [3.63, 3.8) is 0 Å². The standard InChI is InChI=1S/C17H18FN3O4/c1-17(2,3)25-16(23)21(10-22)14-6-5-13(20-15(14)24-4)11-7-12(18)9-19-8-11/h5-10H,1-4H3. The van der Waals surface area contributed by atoms with Crippen LogP contribution in [0.25, 0.3) is 11.3 Å². The smallest absolute Gasteiger partial charge is 0.421 e. The molecule has 2 rings (SSSR count). The number of pyridine rings is 2. The first-order chi connectivity index (χ1) is 11.7. The molecule has 0 spiro atoms. The maximum absolute atomic E-state index is 13.3. The van der Waals surface area contributed by atoms with E-state index < -0.39 is 17.5 Å². The van der Waals surface area contributed by atoms with Gasteiger partial charge in [-0.05, 0) is 39.0 Å². The van der Waals surface area contributed by atoms with E-state index in [4.69, 9.17) is 9.47 Å². The molecule has 0 radical (unpaired) electrons. The Bertz CT molecular complexity index is 790. The zero-order valence-corrected chi connectivity index (χ0v) is 14.3. The van der Waals surface area contributed by atoms with Crippen LogP contribution in [0.4, 0.5) is 14.9 Å². The third-order valence-electron chi connectivity index (χ3n) is 2.99. The van der Waals surface area contributed by atoms with Crippen LogP contribution in [0.3, 0.4) is 0 Å². The molecule has 132 valence electrons. The average Bonchev–Trinajstić information content (AvgIpc) is 2.54. The van der Waals surface area contributed by atoms with Gasteiger partial charge in [-0.15, -0.1) is 0 Å². The minimum Gasteiger partial charge on any atom is -0.479 e. The van der Waals surface area contributed by atoms with Gasteiger partial charge in [0, 0.05) is 11.8 Å². The van der Waals surface area contributed by atoms with Crippen LogP contribution < -0.4 is 9.64 Å². The van der Waals surface area contributed by atoms with Crippen LogP contribution in [-0.4, -0.2) is 35.2 Å². The molecule has 8 heteroatoms. The van der Waals surface area contributed by atoms with Crippen molar-refractivity contribution in [2.75, 3.05) is 12.0 Å². The molecule has 0 aliphatic rings. The van der Waals surface area contributed by atoms with Gasteiger partial charge in [0.1, 0.15) is 17.1 Å². The number of rotatable bonds is 4. The summed E-state index contributed by atoms with van der Waals surface area (Å²) in [5, 5.41) is 0. The molecule has 0 saturated carbocycles. The molecule has 0 fully saturated rings. The molecule has 0 aromatic carbocycles. The Labute approximate surface area is 144 Å². The third-order valence-corrected chi connectivity index (χ3v) is 2.99. The molecule has 2 aromatic heterocycles. The molecule has 2 aromatic rings. The third kappa shape index (κ3) is 4.50. The van der Waals surface area contributed by atoms with Crippen molar-refractivity contribution in [2.24, 2.45) is 0 Å². The number of aromatic nitrogens is 2. The van der Waals surface area contributed by atoms with E-state index in [9.17, 15) is 14.0 Å². The normalized spacial score (nSPS) is 10.9. The summed E-state index contributed by atoms with van der Waals surface area (Å²) in [6, 6.07) is 4.25. The van der Waals surface area contributed by atoms with Crippen molar-refractivity contribution in [1.82, 2.24) is 9.97 Å². The molecule has 0 atom stereocenters. The fourth-order valence-electron chi connectivity index (χ4n) is 1.99. The van der Waals surface area contributed by atoms with Crippen LogP contribution in [0.5, 0.6) is 5.88 Å². The Hall–Kier alpha value is -3.03. The van der Waals surface area contributed by atoms with Gasteiger partial charge in [-0.2, -0.15) is 0 Å². The van der Waals surface area contributed by atoms with Gasteiger partial charge in [0.05, 0.1) is 19.0 Å². The van der Waals surface area contributed by atoms with Crippen molar-refractivity contribution in [2.45, 2.75) is 26.4 Å². The number of carbonyl (C=O) groups is 2. The summed E-state index contributed by atoms with van der Waals surface area (Å²) in [5.41, 5.74) is 0.147. The Morgan fingerprint density at radius 3 is 2.56 bits per heavy atom. The molecule has 0 bridgehead atoms. The van der Waals surface area contributed by atoms with Crippen LogP contribution >= 0.6 is 0 Å². The Morgan fingerprint density at radius 1 is 1.28 bits per heavy atom. The Morgan fingerprint density at radius 2 is 2.00 bits per heavy atom. The van der Waals surface area contributed by atoms with Gasteiger partial charge < -0.3 is 9.47 Å². The summed E-state index contributed by atoms with van der Waals surface area (Å²) >= 11 is 0. The van der Waals surface area contributed by atoms with Crippen molar-refractivity contribution in [1.29, 1.82) is 0 Å². The molecule has 0 aliphatic carbocycles. The number of nitrogens with zero attached hydrogens (tertiary/aromatic N) is 3. The first kappa shape index (κ1) is 18.3. The van der Waals surface area contributed by atoms with Gasteiger partial charge in [0.15, 0.2) is 0 Å². The number of ether oxygens (including phenoxy) is 2. The summed E-state index contributed by atoms with van der Waals surface area (Å²) < 4.78 is 23.7. The van der Waals surface area contributed by atoms with Gasteiger partial charge in [0.2, 0.25) is 12.3 Å². The number of hydrogen-bond donors (Lipinski definition) is 0. The lowest BCUT2D eigenvalue weighted by Crippen LogP contribution is -2.36. The zero-order valence-electron chi connectivity index (χ0n) is 14.3. The fraction of sp³-hybridized carbons (Fsp3) is 0.294. The second-order valence-corrected chi connectivity index (χ2v) is 6.07. The second-order valence-electron chi connectivity index (χ2n) is 6.07. The van der Waals surface area contributed by atoms with Gasteiger partial charge in [-0.3, -0.25) is 9.78 Å². The predicted molar refractivity (Wildman–Crippen MR) is 88.8 cm³/mol. The molecule has 7 nitrogen and oxygen atoms in total. The molecule has 0 aliphatic heterocycles. The molecule has 0 N–H and O–H groups in total.